The second-order valence-corrected chi connectivity index (χ2v) is 12.0. The van der Waals surface area contributed by atoms with E-state index >= 15 is 0 Å². The molecule has 2 nitrogen and oxygen atoms in total. The third-order valence-corrected chi connectivity index (χ3v) is 9.66. The molecule has 6 aromatic carbocycles. The minimum atomic E-state index is 0.296. The number of phenolic OH excluding ortho intramolecular Hbond substituents is 2. The highest BCUT2D eigenvalue weighted by atomic mass is 16.3. The number of aryl methyl sites for hydroxylation is 2. The molecule has 0 aromatic heterocycles. The van der Waals surface area contributed by atoms with Crippen LogP contribution in [0, 0.1) is 0 Å². The van der Waals surface area contributed by atoms with Crippen molar-refractivity contribution in [2.45, 2.75) is 51.4 Å². The van der Waals surface area contributed by atoms with Gasteiger partial charge in [0.05, 0.1) is 0 Å². The van der Waals surface area contributed by atoms with Crippen LogP contribution in [0.1, 0.15) is 47.9 Å². The van der Waals surface area contributed by atoms with Gasteiger partial charge in [0.2, 0.25) is 0 Å². The largest absolute Gasteiger partial charge is 0.507 e. The minimum Gasteiger partial charge on any atom is -0.507 e. The molecule has 6 aromatic rings. The van der Waals surface area contributed by atoms with Gasteiger partial charge >= 0.3 is 0 Å². The molecule has 0 saturated carbocycles. The van der Waals surface area contributed by atoms with E-state index in [0.717, 1.165) is 106 Å². The summed E-state index contributed by atoms with van der Waals surface area (Å²) < 4.78 is 0. The second-order valence-electron chi connectivity index (χ2n) is 12.0. The van der Waals surface area contributed by atoms with E-state index in [0.29, 0.717) is 11.5 Å². The number of phenols is 2. The average Bonchev–Trinajstić information content (AvgIpc) is 3.04. The Morgan fingerprint density at radius 2 is 0.810 bits per heavy atom. The molecule has 0 saturated heterocycles. The number of rotatable bonds is 3. The highest BCUT2D eigenvalue weighted by Crippen LogP contribution is 2.53. The van der Waals surface area contributed by atoms with Gasteiger partial charge in [0.25, 0.3) is 0 Å². The monoisotopic (exact) mass is 546 g/mol. The summed E-state index contributed by atoms with van der Waals surface area (Å²) in [6.45, 7) is 0. The highest BCUT2D eigenvalue weighted by Gasteiger charge is 2.29. The Morgan fingerprint density at radius 1 is 0.405 bits per heavy atom. The molecule has 0 fully saturated rings. The van der Waals surface area contributed by atoms with Gasteiger partial charge in [-0.05, 0) is 118 Å². The molecular weight excluding hydrogens is 512 g/mol. The van der Waals surface area contributed by atoms with Gasteiger partial charge in [0, 0.05) is 22.3 Å². The lowest BCUT2D eigenvalue weighted by atomic mass is 9.77. The summed E-state index contributed by atoms with van der Waals surface area (Å²) in [4.78, 5) is 0. The van der Waals surface area contributed by atoms with Gasteiger partial charge in [0.15, 0.2) is 0 Å². The van der Waals surface area contributed by atoms with Gasteiger partial charge in [0.1, 0.15) is 11.5 Å². The van der Waals surface area contributed by atoms with Crippen LogP contribution in [0.5, 0.6) is 11.5 Å². The average molecular weight is 547 g/mol. The molecule has 2 N–H and O–H groups in total. The molecule has 0 spiro atoms. The molecular formula is C40H34O2. The lowest BCUT2D eigenvalue weighted by Crippen LogP contribution is -2.10. The van der Waals surface area contributed by atoms with E-state index in [1.165, 1.54) is 22.3 Å². The topological polar surface area (TPSA) is 40.5 Å². The van der Waals surface area contributed by atoms with Crippen molar-refractivity contribution in [1.29, 1.82) is 0 Å². The summed E-state index contributed by atoms with van der Waals surface area (Å²) in [5.74, 6) is 0.593. The van der Waals surface area contributed by atoms with Gasteiger partial charge in [-0.25, -0.2) is 0 Å². The van der Waals surface area contributed by atoms with Crippen LogP contribution in [0.15, 0.2) is 97.1 Å². The van der Waals surface area contributed by atoms with Crippen LogP contribution in [0.3, 0.4) is 0 Å². The van der Waals surface area contributed by atoms with Gasteiger partial charge in [-0.2, -0.15) is 0 Å². The van der Waals surface area contributed by atoms with Crippen molar-refractivity contribution < 1.29 is 10.2 Å². The van der Waals surface area contributed by atoms with Crippen molar-refractivity contribution in [3.63, 3.8) is 0 Å². The fourth-order valence-electron chi connectivity index (χ4n) is 7.66. The summed E-state index contributed by atoms with van der Waals surface area (Å²) in [6.07, 6.45) is 8.30. The van der Waals surface area contributed by atoms with Crippen molar-refractivity contribution in [3.8, 4) is 44.9 Å². The Hall–Kier alpha value is -4.56. The van der Waals surface area contributed by atoms with E-state index in [9.17, 15) is 10.2 Å². The van der Waals surface area contributed by atoms with Gasteiger partial charge in [-0.3, -0.25) is 0 Å². The normalized spacial score (nSPS) is 14.6. The molecule has 2 aliphatic rings. The van der Waals surface area contributed by atoms with Crippen LogP contribution < -0.4 is 0 Å². The predicted octanol–water partition coefficient (Wildman–Crippen LogP) is 10.2. The van der Waals surface area contributed by atoms with E-state index in [1.807, 2.05) is 0 Å². The molecule has 0 unspecified atom stereocenters. The molecule has 2 heteroatoms. The highest BCUT2D eigenvalue weighted by molar-refractivity contribution is 6.03. The van der Waals surface area contributed by atoms with Crippen LogP contribution in [0.2, 0.25) is 0 Å². The molecule has 0 amide bonds. The first-order valence-corrected chi connectivity index (χ1v) is 15.4. The Bertz CT molecular complexity index is 1860. The first-order chi connectivity index (χ1) is 20.7. The van der Waals surface area contributed by atoms with Crippen molar-refractivity contribution in [1.82, 2.24) is 0 Å². The van der Waals surface area contributed by atoms with E-state index in [1.54, 1.807) is 0 Å². The standard InChI is InChI=1S/C40H34O2/c41-39-35(33-21-9-15-25-11-1-5-17-29(25)33)23-27-13-3-7-19-31(27)37(39)38-32-20-8-4-14-28(32)24-36(40(38)42)34-22-10-16-26-12-2-6-18-30(26)34/h1-2,5-6,9-12,15-18,21-24,41-42H,3-4,7-8,13-14,19-20H2. The molecule has 0 atom stereocenters. The lowest BCUT2D eigenvalue weighted by Gasteiger charge is -2.28. The van der Waals surface area contributed by atoms with Crippen molar-refractivity contribution in [2.24, 2.45) is 0 Å². The summed E-state index contributed by atoms with van der Waals surface area (Å²) in [6, 6.07) is 33.9. The zero-order chi connectivity index (χ0) is 28.2. The molecule has 8 rings (SSSR count). The van der Waals surface area contributed by atoms with Crippen LogP contribution in [-0.2, 0) is 25.7 Å². The quantitative estimate of drug-likeness (QED) is 0.232. The molecule has 206 valence electrons. The van der Waals surface area contributed by atoms with E-state index in [2.05, 4.69) is 97.1 Å². The number of fused-ring (bicyclic) bond motifs is 4. The van der Waals surface area contributed by atoms with Gasteiger partial charge in [-0.1, -0.05) is 84.9 Å². The number of aromatic hydroxyl groups is 2. The zero-order valence-electron chi connectivity index (χ0n) is 23.8. The first-order valence-electron chi connectivity index (χ1n) is 15.4. The summed E-state index contributed by atoms with van der Waals surface area (Å²) in [5, 5.41) is 29.3. The fourth-order valence-corrected chi connectivity index (χ4v) is 7.66. The number of hydrogen-bond acceptors (Lipinski definition) is 2. The van der Waals surface area contributed by atoms with Crippen molar-refractivity contribution in [2.75, 3.05) is 0 Å². The van der Waals surface area contributed by atoms with Crippen LogP contribution in [-0.4, -0.2) is 10.2 Å². The molecule has 0 aliphatic heterocycles. The Kier molecular flexibility index (Phi) is 6.03. The Balaban J connectivity index is 1.47. The maximum atomic E-state index is 12.4. The first kappa shape index (κ1) is 25.2. The van der Waals surface area contributed by atoms with Crippen molar-refractivity contribution >= 4 is 21.5 Å². The maximum absolute atomic E-state index is 12.4. The lowest BCUT2D eigenvalue weighted by molar-refractivity contribution is 0.468. The van der Waals surface area contributed by atoms with Gasteiger partial charge < -0.3 is 10.2 Å². The molecule has 0 heterocycles. The summed E-state index contributed by atoms with van der Waals surface area (Å²) in [7, 11) is 0. The van der Waals surface area contributed by atoms with Crippen molar-refractivity contribution in [3.05, 3.63) is 119 Å². The SMILES string of the molecule is Oc1c(-c2cccc3ccccc23)cc2c(c1-c1c(O)c(-c3cccc4ccccc34)cc3c1CCCC3)CCCC2. The zero-order valence-corrected chi connectivity index (χ0v) is 23.8. The fraction of sp³-hybridized carbons (Fsp3) is 0.200. The van der Waals surface area contributed by atoms with E-state index < -0.39 is 0 Å². The Morgan fingerprint density at radius 3 is 1.29 bits per heavy atom. The molecule has 42 heavy (non-hydrogen) atoms. The minimum absolute atomic E-state index is 0.296. The molecule has 2 aliphatic carbocycles. The third kappa shape index (κ3) is 3.93. The molecule has 0 bridgehead atoms. The van der Waals surface area contributed by atoms with Crippen LogP contribution >= 0.6 is 0 Å². The Labute approximate surface area is 246 Å². The summed E-state index contributed by atoms with van der Waals surface area (Å²) >= 11 is 0. The van der Waals surface area contributed by atoms with E-state index in [-0.39, 0.29) is 0 Å². The molecule has 0 radical (unpaired) electrons. The van der Waals surface area contributed by atoms with Crippen LogP contribution in [0.4, 0.5) is 0 Å². The maximum Gasteiger partial charge on any atom is 0.131 e. The van der Waals surface area contributed by atoms with Crippen LogP contribution in [0.25, 0.3) is 54.9 Å². The van der Waals surface area contributed by atoms with E-state index in [4.69, 9.17) is 0 Å². The number of benzene rings is 6. The number of hydrogen-bond donors (Lipinski definition) is 2. The summed E-state index contributed by atoms with van der Waals surface area (Å²) in [5.41, 5.74) is 10.5. The third-order valence-electron chi connectivity index (χ3n) is 9.66. The van der Waals surface area contributed by atoms with Gasteiger partial charge in [-0.15, -0.1) is 0 Å². The second kappa shape index (κ2) is 10.1. The smallest absolute Gasteiger partial charge is 0.131 e. The predicted molar refractivity (Wildman–Crippen MR) is 174 cm³/mol.